The van der Waals surface area contributed by atoms with Gasteiger partial charge in [0.15, 0.2) is 5.78 Å². The van der Waals surface area contributed by atoms with E-state index < -0.39 is 0 Å². The van der Waals surface area contributed by atoms with Crippen LogP contribution in [0.25, 0.3) is 22.4 Å². The SMILES string of the molecule is COc1cccc(OC)c1-c1nc2ccc(C(=O)Cc3ccc(C)c(C)c3)cc2n1CCO. The van der Waals surface area contributed by atoms with Crippen molar-refractivity contribution in [2.75, 3.05) is 20.8 Å². The minimum absolute atomic E-state index is 0.0355. The van der Waals surface area contributed by atoms with Crippen molar-refractivity contribution in [1.82, 2.24) is 9.55 Å². The molecule has 33 heavy (non-hydrogen) atoms. The van der Waals surface area contributed by atoms with E-state index in [1.807, 2.05) is 53.1 Å². The number of nitrogens with zero attached hydrogens (tertiary/aromatic N) is 2. The summed E-state index contributed by atoms with van der Waals surface area (Å²) in [5.74, 6) is 1.89. The van der Waals surface area contributed by atoms with Crippen LogP contribution in [0.3, 0.4) is 0 Å². The number of carbonyl (C=O) groups is 1. The van der Waals surface area contributed by atoms with Gasteiger partial charge in [-0.1, -0.05) is 24.3 Å². The molecule has 0 spiro atoms. The van der Waals surface area contributed by atoms with Crippen molar-refractivity contribution >= 4 is 16.8 Å². The predicted octanol–water partition coefficient (Wildman–Crippen LogP) is 4.76. The molecule has 0 saturated heterocycles. The van der Waals surface area contributed by atoms with Crippen molar-refractivity contribution in [2.24, 2.45) is 0 Å². The van der Waals surface area contributed by atoms with Gasteiger partial charge in [0.25, 0.3) is 0 Å². The van der Waals surface area contributed by atoms with Gasteiger partial charge in [-0.05, 0) is 60.9 Å². The third kappa shape index (κ3) is 4.34. The number of hydrogen-bond donors (Lipinski definition) is 1. The summed E-state index contributed by atoms with van der Waals surface area (Å²) in [4.78, 5) is 17.9. The first-order chi connectivity index (χ1) is 16.0. The van der Waals surface area contributed by atoms with Crippen molar-refractivity contribution in [3.05, 3.63) is 76.9 Å². The smallest absolute Gasteiger partial charge is 0.167 e. The fourth-order valence-electron chi connectivity index (χ4n) is 4.09. The number of rotatable bonds is 8. The lowest BCUT2D eigenvalue weighted by Crippen LogP contribution is -2.07. The molecule has 0 aliphatic heterocycles. The quantitative estimate of drug-likeness (QED) is 0.397. The van der Waals surface area contributed by atoms with Crippen LogP contribution in [0.4, 0.5) is 0 Å². The number of aromatic nitrogens is 2. The highest BCUT2D eigenvalue weighted by atomic mass is 16.5. The van der Waals surface area contributed by atoms with Crippen LogP contribution in [0, 0.1) is 13.8 Å². The number of carbonyl (C=O) groups excluding carboxylic acids is 1. The first-order valence-electron chi connectivity index (χ1n) is 10.9. The Balaban J connectivity index is 1.79. The largest absolute Gasteiger partial charge is 0.496 e. The Morgan fingerprint density at radius 2 is 1.70 bits per heavy atom. The van der Waals surface area contributed by atoms with E-state index in [1.165, 1.54) is 11.1 Å². The Kier molecular flexibility index (Phi) is 6.47. The van der Waals surface area contributed by atoms with Gasteiger partial charge in [-0.25, -0.2) is 4.98 Å². The van der Waals surface area contributed by atoms with Crippen LogP contribution in [-0.4, -0.2) is 41.3 Å². The zero-order valence-corrected chi connectivity index (χ0v) is 19.4. The van der Waals surface area contributed by atoms with E-state index >= 15 is 0 Å². The molecule has 4 rings (SSSR count). The molecule has 170 valence electrons. The number of methoxy groups -OCH3 is 2. The van der Waals surface area contributed by atoms with Gasteiger partial charge in [0.1, 0.15) is 22.9 Å². The molecule has 0 aliphatic carbocycles. The molecule has 1 heterocycles. The minimum Gasteiger partial charge on any atom is -0.496 e. The van der Waals surface area contributed by atoms with Crippen LogP contribution in [0.15, 0.2) is 54.6 Å². The number of ketones is 1. The third-order valence-electron chi connectivity index (χ3n) is 5.98. The molecular weight excluding hydrogens is 416 g/mol. The van der Waals surface area contributed by atoms with E-state index in [0.717, 1.165) is 16.6 Å². The van der Waals surface area contributed by atoms with E-state index in [0.29, 0.717) is 41.4 Å². The molecule has 6 nitrogen and oxygen atoms in total. The number of Topliss-reactive ketones (excluding diaryl/α,β-unsaturated/α-hetero) is 1. The predicted molar refractivity (Wildman–Crippen MR) is 129 cm³/mol. The van der Waals surface area contributed by atoms with Crippen molar-refractivity contribution in [1.29, 1.82) is 0 Å². The molecule has 6 heteroatoms. The fraction of sp³-hybridized carbons (Fsp3) is 0.259. The van der Waals surface area contributed by atoms with Gasteiger partial charge in [-0.3, -0.25) is 4.79 Å². The van der Waals surface area contributed by atoms with Crippen molar-refractivity contribution in [2.45, 2.75) is 26.8 Å². The second kappa shape index (κ2) is 9.46. The van der Waals surface area contributed by atoms with Gasteiger partial charge in [-0.2, -0.15) is 0 Å². The van der Waals surface area contributed by atoms with Crippen LogP contribution in [-0.2, 0) is 13.0 Å². The first kappa shape index (κ1) is 22.6. The summed E-state index contributed by atoms with van der Waals surface area (Å²) in [6.45, 7) is 4.36. The van der Waals surface area contributed by atoms with Crippen molar-refractivity contribution in [3.8, 4) is 22.9 Å². The van der Waals surface area contributed by atoms with Gasteiger partial charge in [0.05, 0.1) is 31.9 Å². The van der Waals surface area contributed by atoms with E-state index in [-0.39, 0.29) is 12.4 Å². The zero-order valence-electron chi connectivity index (χ0n) is 19.4. The summed E-state index contributed by atoms with van der Waals surface area (Å²) in [7, 11) is 3.20. The molecule has 0 bridgehead atoms. The molecule has 1 aromatic heterocycles. The Morgan fingerprint density at radius 1 is 0.970 bits per heavy atom. The highest BCUT2D eigenvalue weighted by Gasteiger charge is 2.21. The number of benzene rings is 3. The molecule has 0 fully saturated rings. The maximum Gasteiger partial charge on any atom is 0.167 e. The Bertz CT molecular complexity index is 1300. The Morgan fingerprint density at radius 3 is 2.33 bits per heavy atom. The summed E-state index contributed by atoms with van der Waals surface area (Å²) < 4.78 is 13.0. The molecule has 0 radical (unpaired) electrons. The molecule has 0 saturated carbocycles. The van der Waals surface area contributed by atoms with Crippen molar-refractivity contribution in [3.63, 3.8) is 0 Å². The summed E-state index contributed by atoms with van der Waals surface area (Å²) in [5, 5.41) is 9.77. The van der Waals surface area contributed by atoms with Crippen LogP contribution in [0.1, 0.15) is 27.0 Å². The number of fused-ring (bicyclic) bond motifs is 1. The summed E-state index contributed by atoms with van der Waals surface area (Å²) in [6, 6.07) is 17.2. The topological polar surface area (TPSA) is 73.6 Å². The first-order valence-corrected chi connectivity index (χ1v) is 10.9. The van der Waals surface area contributed by atoms with Gasteiger partial charge >= 0.3 is 0 Å². The van der Waals surface area contributed by atoms with Crippen LogP contribution in [0.2, 0.25) is 0 Å². The normalized spacial score (nSPS) is 11.1. The van der Waals surface area contributed by atoms with Gasteiger partial charge in [0, 0.05) is 18.5 Å². The fourth-order valence-corrected chi connectivity index (χ4v) is 4.09. The molecule has 0 unspecified atom stereocenters. The standard InChI is InChI=1S/C27H28N2O4/c1-17-8-9-19(14-18(17)2)15-23(31)20-10-11-21-22(16-20)29(12-13-30)27(28-21)26-24(32-3)6-5-7-25(26)33-4/h5-11,14,16,30H,12-13,15H2,1-4H3. The number of hydrogen-bond acceptors (Lipinski definition) is 5. The molecule has 3 aromatic carbocycles. The lowest BCUT2D eigenvalue weighted by Gasteiger charge is -2.14. The average Bonchev–Trinajstić information content (AvgIpc) is 3.18. The van der Waals surface area contributed by atoms with Gasteiger partial charge in [0.2, 0.25) is 0 Å². The number of aliphatic hydroxyl groups is 1. The number of imidazole rings is 1. The molecule has 0 atom stereocenters. The number of aliphatic hydroxyl groups excluding tert-OH is 1. The van der Waals surface area contributed by atoms with Crippen LogP contribution < -0.4 is 9.47 Å². The van der Waals surface area contributed by atoms with E-state index in [2.05, 4.69) is 19.9 Å². The Hall–Kier alpha value is -3.64. The average molecular weight is 445 g/mol. The molecule has 1 N–H and O–H groups in total. The second-order valence-corrected chi connectivity index (χ2v) is 8.07. The highest BCUT2D eigenvalue weighted by Crippen LogP contribution is 2.39. The Labute approximate surface area is 193 Å². The molecule has 4 aromatic rings. The second-order valence-electron chi connectivity index (χ2n) is 8.07. The monoisotopic (exact) mass is 444 g/mol. The molecule has 0 amide bonds. The van der Waals surface area contributed by atoms with Crippen molar-refractivity contribution < 1.29 is 19.4 Å². The number of aryl methyl sites for hydroxylation is 2. The van der Waals surface area contributed by atoms with E-state index in [9.17, 15) is 9.90 Å². The van der Waals surface area contributed by atoms with Gasteiger partial charge in [-0.15, -0.1) is 0 Å². The van der Waals surface area contributed by atoms with Gasteiger partial charge < -0.3 is 19.1 Å². The molecular formula is C27H28N2O4. The molecule has 0 aliphatic rings. The maximum atomic E-state index is 13.1. The maximum absolute atomic E-state index is 13.1. The number of ether oxygens (including phenoxy) is 2. The highest BCUT2D eigenvalue weighted by molar-refractivity contribution is 6.00. The summed E-state index contributed by atoms with van der Waals surface area (Å²) in [5.41, 5.74) is 6.19. The van der Waals surface area contributed by atoms with Crippen LogP contribution >= 0.6 is 0 Å². The third-order valence-corrected chi connectivity index (χ3v) is 5.98. The minimum atomic E-state index is -0.0727. The lowest BCUT2D eigenvalue weighted by molar-refractivity contribution is 0.0993. The van der Waals surface area contributed by atoms with Crippen LogP contribution in [0.5, 0.6) is 11.5 Å². The summed E-state index contributed by atoms with van der Waals surface area (Å²) in [6.07, 6.45) is 0.327. The summed E-state index contributed by atoms with van der Waals surface area (Å²) >= 11 is 0. The van der Waals surface area contributed by atoms with E-state index in [4.69, 9.17) is 14.5 Å². The zero-order chi connectivity index (χ0) is 23.5. The lowest BCUT2D eigenvalue weighted by atomic mass is 9.99. The van der Waals surface area contributed by atoms with E-state index in [1.54, 1.807) is 14.2 Å².